The molecule has 2 aromatic carbocycles. The van der Waals surface area contributed by atoms with Crippen molar-refractivity contribution < 1.29 is 27.5 Å². The molecule has 0 saturated carbocycles. The summed E-state index contributed by atoms with van der Waals surface area (Å²) < 4.78 is 40.6. The highest BCUT2D eigenvalue weighted by atomic mass is 32.2. The Balaban J connectivity index is 2.04. The first-order valence-electron chi connectivity index (χ1n) is 10.3. The molecule has 0 radical (unpaired) electrons. The van der Waals surface area contributed by atoms with E-state index in [4.69, 9.17) is 9.47 Å². The summed E-state index contributed by atoms with van der Waals surface area (Å²) in [6.45, 7) is 6.79. The van der Waals surface area contributed by atoms with Crippen LogP contribution in [-0.4, -0.2) is 43.4 Å². The van der Waals surface area contributed by atoms with Crippen LogP contribution in [0.3, 0.4) is 0 Å². The van der Waals surface area contributed by atoms with Gasteiger partial charge in [0.25, 0.3) is 10.0 Å². The van der Waals surface area contributed by atoms with Gasteiger partial charge in [-0.1, -0.05) is 18.2 Å². The van der Waals surface area contributed by atoms with Gasteiger partial charge in [0.1, 0.15) is 4.90 Å². The Morgan fingerprint density at radius 3 is 2.00 bits per heavy atom. The van der Waals surface area contributed by atoms with Gasteiger partial charge in [-0.15, -0.1) is 0 Å². The minimum absolute atomic E-state index is 0.00516. The Morgan fingerprint density at radius 1 is 0.939 bits per heavy atom. The van der Waals surface area contributed by atoms with Gasteiger partial charge in [0.05, 0.1) is 47.1 Å². The number of nitrogens with one attached hydrogen (secondary N) is 1. The van der Waals surface area contributed by atoms with E-state index in [9.17, 15) is 18.0 Å². The molecule has 0 saturated heterocycles. The summed E-state index contributed by atoms with van der Waals surface area (Å²) in [6, 6.07) is 13.1. The van der Waals surface area contributed by atoms with Gasteiger partial charge < -0.3 is 9.47 Å². The molecule has 174 valence electrons. The van der Waals surface area contributed by atoms with E-state index in [2.05, 4.69) is 9.82 Å². The first-order chi connectivity index (χ1) is 15.7. The van der Waals surface area contributed by atoms with Gasteiger partial charge in [0.15, 0.2) is 0 Å². The highest BCUT2D eigenvalue weighted by molar-refractivity contribution is 7.92. The molecular weight excluding hydrogens is 446 g/mol. The van der Waals surface area contributed by atoms with Crippen LogP contribution in [-0.2, 0) is 19.5 Å². The molecule has 0 bridgehead atoms. The second kappa shape index (κ2) is 9.86. The van der Waals surface area contributed by atoms with Gasteiger partial charge in [0, 0.05) is 0 Å². The first-order valence-corrected chi connectivity index (χ1v) is 11.8. The summed E-state index contributed by atoms with van der Waals surface area (Å²) in [5, 5.41) is 4.38. The van der Waals surface area contributed by atoms with Crippen LogP contribution >= 0.6 is 0 Å². The molecule has 0 atom stereocenters. The van der Waals surface area contributed by atoms with Crippen molar-refractivity contribution >= 4 is 27.6 Å². The molecule has 0 aliphatic rings. The van der Waals surface area contributed by atoms with Crippen molar-refractivity contribution in [1.82, 2.24) is 9.78 Å². The smallest absolute Gasteiger partial charge is 0.338 e. The number of benzene rings is 2. The number of hydrogen-bond acceptors (Lipinski definition) is 7. The van der Waals surface area contributed by atoms with Crippen LogP contribution in [0.25, 0.3) is 5.69 Å². The van der Waals surface area contributed by atoms with E-state index in [0.29, 0.717) is 17.1 Å². The molecule has 3 rings (SSSR count). The molecule has 1 aromatic heterocycles. The lowest BCUT2D eigenvalue weighted by molar-refractivity contribution is 0.0525. The summed E-state index contributed by atoms with van der Waals surface area (Å²) in [4.78, 5) is 24.5. The predicted molar refractivity (Wildman–Crippen MR) is 122 cm³/mol. The largest absolute Gasteiger partial charge is 0.462 e. The van der Waals surface area contributed by atoms with Crippen molar-refractivity contribution in [2.75, 3.05) is 17.9 Å². The quantitative estimate of drug-likeness (QED) is 0.499. The molecule has 1 heterocycles. The van der Waals surface area contributed by atoms with Crippen molar-refractivity contribution in [3.05, 3.63) is 71.0 Å². The molecule has 10 heteroatoms. The second-order valence-electron chi connectivity index (χ2n) is 7.09. The average Bonchev–Trinajstić information content (AvgIpc) is 3.08. The van der Waals surface area contributed by atoms with Gasteiger partial charge in [-0.25, -0.2) is 22.7 Å². The zero-order chi connectivity index (χ0) is 24.2. The molecule has 3 aromatic rings. The minimum atomic E-state index is -4.11. The monoisotopic (exact) mass is 471 g/mol. The van der Waals surface area contributed by atoms with E-state index in [1.54, 1.807) is 32.4 Å². The van der Waals surface area contributed by atoms with Crippen LogP contribution in [0.5, 0.6) is 0 Å². The van der Waals surface area contributed by atoms with Crippen LogP contribution in [0, 0.1) is 13.8 Å². The Morgan fingerprint density at radius 2 is 1.48 bits per heavy atom. The molecule has 9 nitrogen and oxygen atoms in total. The summed E-state index contributed by atoms with van der Waals surface area (Å²) >= 11 is 0. The Bertz CT molecular complexity index is 1250. The van der Waals surface area contributed by atoms with E-state index in [0.717, 1.165) is 0 Å². The van der Waals surface area contributed by atoms with Crippen LogP contribution in [0.4, 0.5) is 5.69 Å². The number of sulfonamides is 1. The summed E-state index contributed by atoms with van der Waals surface area (Å²) in [5.74, 6) is -1.37. The number of hydrogen-bond donors (Lipinski definition) is 1. The third kappa shape index (κ3) is 5.23. The minimum Gasteiger partial charge on any atom is -0.462 e. The van der Waals surface area contributed by atoms with E-state index in [1.807, 2.05) is 30.3 Å². The number of carbonyl (C=O) groups is 2. The second-order valence-corrected chi connectivity index (χ2v) is 8.71. The van der Waals surface area contributed by atoms with E-state index >= 15 is 0 Å². The van der Waals surface area contributed by atoms with Crippen molar-refractivity contribution in [2.24, 2.45) is 0 Å². The standard InChI is InChI=1S/C23H25N3O6S/c1-5-31-22(27)17-12-18(23(28)32-6-2)14-19(13-17)25-33(29,30)21-15(3)24-26(16(21)4)20-10-8-7-9-11-20/h7-14,25H,5-6H2,1-4H3. The zero-order valence-corrected chi connectivity index (χ0v) is 19.6. The predicted octanol–water partition coefficient (Wildman–Crippen LogP) is 3.64. The SMILES string of the molecule is CCOC(=O)c1cc(NS(=O)(=O)c2c(C)nn(-c3ccccc3)c2C)cc(C(=O)OCC)c1. The Kier molecular flexibility index (Phi) is 7.17. The van der Waals surface area contributed by atoms with Gasteiger partial charge >= 0.3 is 11.9 Å². The fraction of sp³-hybridized carbons (Fsp3) is 0.261. The highest BCUT2D eigenvalue weighted by Gasteiger charge is 2.26. The summed E-state index contributed by atoms with van der Waals surface area (Å²) in [6.07, 6.45) is 0. The third-order valence-corrected chi connectivity index (χ3v) is 6.33. The van der Waals surface area contributed by atoms with Crippen molar-refractivity contribution in [3.63, 3.8) is 0 Å². The number of esters is 2. The van der Waals surface area contributed by atoms with Crippen LogP contribution in [0.2, 0.25) is 0 Å². The lowest BCUT2D eigenvalue weighted by atomic mass is 10.1. The lowest BCUT2D eigenvalue weighted by Gasteiger charge is -2.12. The number of para-hydroxylation sites is 1. The fourth-order valence-electron chi connectivity index (χ4n) is 3.40. The van der Waals surface area contributed by atoms with Crippen LogP contribution < -0.4 is 4.72 Å². The summed E-state index contributed by atoms with van der Waals surface area (Å²) in [5.41, 5.74) is 1.50. The number of nitrogens with zero attached hydrogens (tertiary/aromatic N) is 2. The molecule has 0 unspecified atom stereocenters. The Labute approximate surface area is 192 Å². The highest BCUT2D eigenvalue weighted by Crippen LogP contribution is 2.26. The number of aromatic nitrogens is 2. The normalized spacial score (nSPS) is 11.2. The van der Waals surface area contributed by atoms with Crippen molar-refractivity contribution in [1.29, 1.82) is 0 Å². The van der Waals surface area contributed by atoms with E-state index in [-0.39, 0.29) is 34.9 Å². The van der Waals surface area contributed by atoms with Gasteiger partial charge in [-0.05, 0) is 58.0 Å². The molecule has 0 aliphatic carbocycles. The van der Waals surface area contributed by atoms with Gasteiger partial charge in [0.2, 0.25) is 0 Å². The van der Waals surface area contributed by atoms with Crippen molar-refractivity contribution in [3.8, 4) is 5.69 Å². The molecule has 0 fully saturated rings. The van der Waals surface area contributed by atoms with Gasteiger partial charge in [-0.3, -0.25) is 4.72 Å². The number of rotatable bonds is 8. The van der Waals surface area contributed by atoms with Gasteiger partial charge in [-0.2, -0.15) is 5.10 Å². The van der Waals surface area contributed by atoms with Crippen LogP contribution in [0.15, 0.2) is 53.4 Å². The van der Waals surface area contributed by atoms with Crippen molar-refractivity contribution in [2.45, 2.75) is 32.6 Å². The number of aryl methyl sites for hydroxylation is 1. The number of ether oxygens (including phenoxy) is 2. The average molecular weight is 472 g/mol. The first kappa shape index (κ1) is 24.0. The van der Waals surface area contributed by atoms with E-state index < -0.39 is 22.0 Å². The number of carbonyl (C=O) groups excluding carboxylic acids is 2. The molecule has 1 N–H and O–H groups in total. The molecule has 0 amide bonds. The fourth-order valence-corrected chi connectivity index (χ4v) is 4.83. The lowest BCUT2D eigenvalue weighted by Crippen LogP contribution is -2.17. The topological polar surface area (TPSA) is 117 Å². The number of anilines is 1. The molecular formula is C23H25N3O6S. The maximum atomic E-state index is 13.3. The van der Waals surface area contributed by atoms with E-state index in [1.165, 1.54) is 18.2 Å². The third-order valence-electron chi connectivity index (χ3n) is 4.70. The van der Waals surface area contributed by atoms with Crippen LogP contribution in [0.1, 0.15) is 46.0 Å². The molecule has 0 aliphatic heterocycles. The maximum Gasteiger partial charge on any atom is 0.338 e. The maximum absolute atomic E-state index is 13.3. The molecule has 0 spiro atoms. The molecule has 33 heavy (non-hydrogen) atoms. The summed E-state index contributed by atoms with van der Waals surface area (Å²) in [7, 11) is -4.11. The zero-order valence-electron chi connectivity index (χ0n) is 18.8. The Hall–Kier alpha value is -3.66.